The normalized spacial score (nSPS) is 36.9. The van der Waals surface area contributed by atoms with Gasteiger partial charge in [-0.2, -0.15) is 5.48 Å². The van der Waals surface area contributed by atoms with Crippen LogP contribution in [0.25, 0.3) is 0 Å². The van der Waals surface area contributed by atoms with Gasteiger partial charge in [-0.1, -0.05) is 13.8 Å². The van der Waals surface area contributed by atoms with Crippen LogP contribution < -0.4 is 5.48 Å². The zero-order valence-corrected chi connectivity index (χ0v) is 9.00. The predicted molar refractivity (Wildman–Crippen MR) is 52.2 cm³/mol. The molecule has 1 saturated heterocycles. The van der Waals surface area contributed by atoms with E-state index >= 15 is 0 Å². The third kappa shape index (κ3) is 2.93. The average Bonchev–Trinajstić information content (AvgIpc) is 2.29. The fourth-order valence-electron chi connectivity index (χ4n) is 2.04. The van der Waals surface area contributed by atoms with Crippen LogP contribution in [0.4, 0.5) is 0 Å². The molecule has 13 heavy (non-hydrogen) atoms. The van der Waals surface area contributed by atoms with Crippen molar-refractivity contribution >= 4 is 0 Å². The molecule has 0 aromatic rings. The van der Waals surface area contributed by atoms with Crippen LogP contribution in [-0.2, 0) is 4.84 Å². The van der Waals surface area contributed by atoms with E-state index in [2.05, 4.69) is 26.3 Å². The molecule has 1 aliphatic rings. The summed E-state index contributed by atoms with van der Waals surface area (Å²) in [5, 5.41) is 9.35. The van der Waals surface area contributed by atoms with Gasteiger partial charge in [-0.05, 0) is 32.6 Å². The molecule has 1 heterocycles. The van der Waals surface area contributed by atoms with E-state index in [4.69, 9.17) is 4.84 Å². The highest BCUT2D eigenvalue weighted by Crippen LogP contribution is 2.29. The van der Waals surface area contributed by atoms with Gasteiger partial charge in [-0.3, -0.25) is 4.84 Å². The Kier molecular flexibility index (Phi) is 3.33. The van der Waals surface area contributed by atoms with Crippen molar-refractivity contribution in [3.63, 3.8) is 0 Å². The summed E-state index contributed by atoms with van der Waals surface area (Å²) >= 11 is 0. The molecule has 3 heteroatoms. The summed E-state index contributed by atoms with van der Waals surface area (Å²) in [6.07, 6.45) is 1.53. The number of hydrogen-bond acceptors (Lipinski definition) is 3. The standard InChI is InChI=1S/C10H21NO2/c1-7(2)5-10(4)6-9(8(3)12)13-11-10/h7-9,11-12H,5-6H2,1-4H3/t8-,9-,10-/m1/s1. The largest absolute Gasteiger partial charge is 0.391 e. The fraction of sp³-hybridized carbons (Fsp3) is 1.00. The average molecular weight is 187 g/mol. The van der Waals surface area contributed by atoms with Crippen LogP contribution in [0.1, 0.15) is 40.5 Å². The number of rotatable bonds is 3. The molecule has 0 amide bonds. The first-order chi connectivity index (χ1) is 5.93. The van der Waals surface area contributed by atoms with Crippen molar-refractivity contribution in [2.24, 2.45) is 5.92 Å². The molecule has 0 bridgehead atoms. The van der Waals surface area contributed by atoms with Crippen molar-refractivity contribution in [3.05, 3.63) is 0 Å². The van der Waals surface area contributed by atoms with Gasteiger partial charge in [-0.25, -0.2) is 0 Å². The van der Waals surface area contributed by atoms with Gasteiger partial charge in [0.05, 0.1) is 6.10 Å². The molecule has 0 aromatic carbocycles. The molecule has 3 atom stereocenters. The second kappa shape index (κ2) is 3.95. The lowest BCUT2D eigenvalue weighted by atomic mass is 9.86. The third-order valence-electron chi connectivity index (χ3n) is 2.51. The number of aliphatic hydroxyl groups excluding tert-OH is 1. The molecule has 1 fully saturated rings. The summed E-state index contributed by atoms with van der Waals surface area (Å²) in [4.78, 5) is 5.33. The minimum absolute atomic E-state index is 0.0375. The summed E-state index contributed by atoms with van der Waals surface area (Å²) < 4.78 is 0. The quantitative estimate of drug-likeness (QED) is 0.703. The molecule has 0 radical (unpaired) electrons. The molecule has 78 valence electrons. The van der Waals surface area contributed by atoms with Gasteiger partial charge < -0.3 is 5.11 Å². The van der Waals surface area contributed by atoms with Crippen LogP contribution in [0.3, 0.4) is 0 Å². The number of hydroxylamine groups is 1. The summed E-state index contributed by atoms with van der Waals surface area (Å²) in [7, 11) is 0. The van der Waals surface area contributed by atoms with E-state index in [1.165, 1.54) is 0 Å². The first kappa shape index (κ1) is 11.0. The molecule has 0 aromatic heterocycles. The Hall–Kier alpha value is -0.120. The molecule has 0 saturated carbocycles. The molecule has 0 spiro atoms. The van der Waals surface area contributed by atoms with E-state index in [0.717, 1.165) is 12.8 Å². The van der Waals surface area contributed by atoms with E-state index < -0.39 is 0 Å². The Morgan fingerprint density at radius 3 is 2.54 bits per heavy atom. The molecule has 0 aliphatic carbocycles. The van der Waals surface area contributed by atoms with Gasteiger partial charge in [0.1, 0.15) is 6.10 Å². The van der Waals surface area contributed by atoms with Crippen molar-refractivity contribution in [2.45, 2.75) is 58.3 Å². The van der Waals surface area contributed by atoms with Crippen molar-refractivity contribution in [2.75, 3.05) is 0 Å². The lowest BCUT2D eigenvalue weighted by molar-refractivity contribution is -0.0444. The van der Waals surface area contributed by atoms with E-state index in [-0.39, 0.29) is 17.7 Å². The van der Waals surface area contributed by atoms with Gasteiger partial charge in [0.2, 0.25) is 0 Å². The fourth-order valence-corrected chi connectivity index (χ4v) is 2.04. The highest BCUT2D eigenvalue weighted by molar-refractivity contribution is 4.90. The summed E-state index contributed by atoms with van der Waals surface area (Å²) in [6, 6.07) is 0. The molecule has 1 aliphatic heterocycles. The highest BCUT2D eigenvalue weighted by atomic mass is 16.7. The minimum atomic E-state index is -0.388. The second-order valence-electron chi connectivity index (χ2n) is 4.86. The summed E-state index contributed by atoms with van der Waals surface area (Å²) in [6.45, 7) is 8.31. The van der Waals surface area contributed by atoms with Crippen molar-refractivity contribution < 1.29 is 9.94 Å². The Morgan fingerprint density at radius 1 is 1.54 bits per heavy atom. The maximum Gasteiger partial charge on any atom is 0.106 e. The van der Waals surface area contributed by atoms with Crippen LogP contribution in [0, 0.1) is 5.92 Å². The Morgan fingerprint density at radius 2 is 2.15 bits per heavy atom. The molecule has 2 N–H and O–H groups in total. The summed E-state index contributed by atoms with van der Waals surface area (Å²) in [5.74, 6) is 0.647. The van der Waals surface area contributed by atoms with Crippen molar-refractivity contribution in [3.8, 4) is 0 Å². The van der Waals surface area contributed by atoms with Crippen LogP contribution in [0.2, 0.25) is 0 Å². The van der Waals surface area contributed by atoms with Gasteiger partial charge in [0.25, 0.3) is 0 Å². The Labute approximate surface area is 80.4 Å². The maximum atomic E-state index is 9.35. The van der Waals surface area contributed by atoms with Crippen molar-refractivity contribution in [1.29, 1.82) is 0 Å². The molecular formula is C10H21NO2. The molecule has 3 nitrogen and oxygen atoms in total. The number of nitrogens with one attached hydrogen (secondary N) is 1. The summed E-state index contributed by atoms with van der Waals surface area (Å²) in [5.41, 5.74) is 3.07. The smallest absolute Gasteiger partial charge is 0.106 e. The number of hydrogen-bond donors (Lipinski definition) is 2. The minimum Gasteiger partial charge on any atom is -0.391 e. The SMILES string of the molecule is CC(C)C[C@]1(C)C[C@H]([C@@H](C)O)ON1. The predicted octanol–water partition coefficient (Wildman–Crippen LogP) is 1.47. The second-order valence-corrected chi connectivity index (χ2v) is 4.86. The van der Waals surface area contributed by atoms with Gasteiger partial charge in [-0.15, -0.1) is 0 Å². The van der Waals surface area contributed by atoms with E-state index in [1.54, 1.807) is 6.92 Å². The van der Waals surface area contributed by atoms with Crippen LogP contribution in [0.15, 0.2) is 0 Å². The first-order valence-corrected chi connectivity index (χ1v) is 5.04. The monoisotopic (exact) mass is 187 g/mol. The maximum absolute atomic E-state index is 9.35. The molecule has 1 rings (SSSR count). The van der Waals surface area contributed by atoms with E-state index in [9.17, 15) is 5.11 Å². The molecule has 0 unspecified atom stereocenters. The zero-order valence-electron chi connectivity index (χ0n) is 9.00. The third-order valence-corrected chi connectivity index (χ3v) is 2.51. The Balaban J connectivity index is 2.46. The highest BCUT2D eigenvalue weighted by Gasteiger charge is 2.38. The molecular weight excluding hydrogens is 166 g/mol. The van der Waals surface area contributed by atoms with Gasteiger partial charge >= 0.3 is 0 Å². The lowest BCUT2D eigenvalue weighted by Gasteiger charge is -2.24. The first-order valence-electron chi connectivity index (χ1n) is 5.04. The van der Waals surface area contributed by atoms with Crippen LogP contribution in [0.5, 0.6) is 0 Å². The van der Waals surface area contributed by atoms with E-state index in [0.29, 0.717) is 5.92 Å². The van der Waals surface area contributed by atoms with Crippen LogP contribution >= 0.6 is 0 Å². The topological polar surface area (TPSA) is 41.5 Å². The lowest BCUT2D eigenvalue weighted by Crippen LogP contribution is -2.36. The van der Waals surface area contributed by atoms with Crippen LogP contribution in [-0.4, -0.2) is 22.9 Å². The Bertz CT molecular complexity index is 170. The van der Waals surface area contributed by atoms with E-state index in [1.807, 2.05) is 0 Å². The van der Waals surface area contributed by atoms with Crippen molar-refractivity contribution in [1.82, 2.24) is 5.48 Å². The number of aliphatic hydroxyl groups is 1. The van der Waals surface area contributed by atoms with Gasteiger partial charge in [0.15, 0.2) is 0 Å². The van der Waals surface area contributed by atoms with Gasteiger partial charge in [0, 0.05) is 5.54 Å². The zero-order chi connectivity index (χ0) is 10.1.